The number of anilines is 1. The highest BCUT2D eigenvalue weighted by atomic mass is 35.5. The molecule has 7 nitrogen and oxygen atoms in total. The normalized spacial score (nSPS) is 11.6. The Labute approximate surface area is 183 Å². The van der Waals surface area contributed by atoms with Crippen LogP contribution in [0.1, 0.15) is 12.7 Å². The van der Waals surface area contributed by atoms with Crippen molar-refractivity contribution in [3.8, 4) is 22.6 Å². The van der Waals surface area contributed by atoms with Crippen LogP contribution in [0.4, 0.5) is 10.1 Å². The van der Waals surface area contributed by atoms with Crippen molar-refractivity contribution in [3.63, 3.8) is 0 Å². The Morgan fingerprint density at radius 2 is 1.87 bits per heavy atom. The molecule has 2 aromatic carbocycles. The van der Waals surface area contributed by atoms with Gasteiger partial charge < -0.3 is 4.74 Å². The van der Waals surface area contributed by atoms with Crippen LogP contribution in [0.5, 0.6) is 11.5 Å². The van der Waals surface area contributed by atoms with E-state index < -0.39 is 15.8 Å². The topological polar surface area (TPSA) is 85.6 Å². The van der Waals surface area contributed by atoms with Crippen molar-refractivity contribution in [2.45, 2.75) is 13.8 Å². The maximum atomic E-state index is 14.3. The van der Waals surface area contributed by atoms with E-state index in [2.05, 4.69) is 14.9 Å². The van der Waals surface area contributed by atoms with Crippen LogP contribution in [-0.2, 0) is 10.0 Å². The molecule has 0 bridgehead atoms. The van der Waals surface area contributed by atoms with E-state index in [1.54, 1.807) is 35.6 Å². The van der Waals surface area contributed by atoms with Crippen molar-refractivity contribution in [3.05, 3.63) is 71.4 Å². The lowest BCUT2D eigenvalue weighted by Crippen LogP contribution is -2.14. The predicted molar refractivity (Wildman–Crippen MR) is 118 cm³/mol. The van der Waals surface area contributed by atoms with Crippen LogP contribution >= 0.6 is 11.6 Å². The fraction of sp³-hybridized carbons (Fsp3) is 0.143. The minimum absolute atomic E-state index is 0.00547. The molecule has 0 aliphatic rings. The number of rotatable bonds is 6. The molecule has 10 heteroatoms. The van der Waals surface area contributed by atoms with Crippen LogP contribution in [0.2, 0.25) is 5.02 Å². The number of ether oxygens (including phenoxy) is 1. The number of nitrogens with zero attached hydrogens (tertiary/aromatic N) is 3. The van der Waals surface area contributed by atoms with Gasteiger partial charge in [-0.05, 0) is 62.4 Å². The number of fused-ring (bicyclic) bond motifs is 1. The third kappa shape index (κ3) is 4.47. The number of aromatic nitrogens is 3. The lowest BCUT2D eigenvalue weighted by atomic mass is 10.1. The number of nitrogens with one attached hydrogen (secondary N) is 1. The zero-order valence-electron chi connectivity index (χ0n) is 16.6. The summed E-state index contributed by atoms with van der Waals surface area (Å²) in [6, 6.07) is 12.5. The summed E-state index contributed by atoms with van der Waals surface area (Å²) >= 11 is 5.83. The van der Waals surface area contributed by atoms with Crippen LogP contribution in [0.25, 0.3) is 16.8 Å². The second-order valence-corrected chi connectivity index (χ2v) is 9.23. The van der Waals surface area contributed by atoms with E-state index in [4.69, 9.17) is 16.3 Å². The number of hydrogen-bond donors (Lipinski definition) is 1. The third-order valence-corrected chi connectivity index (χ3v) is 6.17. The molecule has 0 aliphatic heterocycles. The van der Waals surface area contributed by atoms with Gasteiger partial charge in [0, 0.05) is 28.0 Å². The summed E-state index contributed by atoms with van der Waals surface area (Å²) in [7, 11) is -3.48. The molecular formula is C21H18ClFN4O3S. The quantitative estimate of drug-likeness (QED) is 0.435. The average Bonchev–Trinajstić information content (AvgIpc) is 3.11. The molecule has 0 atom stereocenters. The van der Waals surface area contributed by atoms with Crippen molar-refractivity contribution in [1.29, 1.82) is 0 Å². The van der Waals surface area contributed by atoms with Gasteiger partial charge in [0.2, 0.25) is 10.0 Å². The highest BCUT2D eigenvalue weighted by molar-refractivity contribution is 7.92. The minimum Gasteiger partial charge on any atom is -0.454 e. The standard InChI is InChI=1S/C21H18ClFN4O3S/c1-3-31(28,29)26-16-6-8-19(30-20-7-5-15(22)10-18(20)23)17(11-16)14-4-9-21-25-24-13(2)27(21)12-14/h4-12,26H,3H2,1-2H3. The Hall–Kier alpha value is -3.17. The molecule has 0 saturated carbocycles. The average molecular weight is 461 g/mol. The van der Waals surface area contributed by atoms with Gasteiger partial charge in [0.25, 0.3) is 0 Å². The van der Waals surface area contributed by atoms with Crippen LogP contribution in [0.3, 0.4) is 0 Å². The molecule has 0 aliphatic carbocycles. The summed E-state index contributed by atoms with van der Waals surface area (Å²) in [4.78, 5) is 0. The lowest BCUT2D eigenvalue weighted by Gasteiger charge is -2.15. The SMILES string of the molecule is CCS(=O)(=O)Nc1ccc(Oc2ccc(Cl)cc2F)c(-c2ccc3nnc(C)n3c2)c1. The monoisotopic (exact) mass is 460 g/mol. The number of pyridine rings is 1. The molecule has 4 aromatic rings. The maximum absolute atomic E-state index is 14.3. The van der Waals surface area contributed by atoms with Gasteiger partial charge >= 0.3 is 0 Å². The lowest BCUT2D eigenvalue weighted by molar-refractivity contribution is 0.444. The van der Waals surface area contributed by atoms with E-state index in [1.165, 1.54) is 12.1 Å². The molecule has 0 spiro atoms. The van der Waals surface area contributed by atoms with Gasteiger partial charge in [-0.3, -0.25) is 9.12 Å². The number of aryl methyl sites for hydroxylation is 1. The highest BCUT2D eigenvalue weighted by Gasteiger charge is 2.15. The first-order valence-corrected chi connectivity index (χ1v) is 11.4. The first-order valence-electron chi connectivity index (χ1n) is 9.35. The van der Waals surface area contributed by atoms with Gasteiger partial charge in [0.15, 0.2) is 17.2 Å². The fourth-order valence-electron chi connectivity index (χ4n) is 3.00. The van der Waals surface area contributed by atoms with E-state index in [0.717, 1.165) is 6.07 Å². The molecule has 160 valence electrons. The van der Waals surface area contributed by atoms with Crippen molar-refractivity contribution in [1.82, 2.24) is 14.6 Å². The maximum Gasteiger partial charge on any atom is 0.232 e. The zero-order chi connectivity index (χ0) is 22.2. The molecule has 0 amide bonds. The van der Waals surface area contributed by atoms with Gasteiger partial charge in [-0.1, -0.05) is 11.6 Å². The van der Waals surface area contributed by atoms with Gasteiger partial charge in [-0.25, -0.2) is 12.8 Å². The van der Waals surface area contributed by atoms with Crippen LogP contribution in [0.15, 0.2) is 54.7 Å². The molecule has 0 radical (unpaired) electrons. The smallest absolute Gasteiger partial charge is 0.232 e. The van der Waals surface area contributed by atoms with Crippen molar-refractivity contribution in [2.24, 2.45) is 0 Å². The van der Waals surface area contributed by atoms with E-state index in [1.807, 2.05) is 19.2 Å². The Kier molecular flexibility index (Phi) is 5.55. The van der Waals surface area contributed by atoms with Gasteiger partial charge in [0.05, 0.1) is 5.75 Å². The number of halogens is 2. The van der Waals surface area contributed by atoms with Crippen molar-refractivity contribution in [2.75, 3.05) is 10.5 Å². The van der Waals surface area contributed by atoms with Crippen LogP contribution < -0.4 is 9.46 Å². The van der Waals surface area contributed by atoms with Gasteiger partial charge in [0.1, 0.15) is 11.6 Å². The first-order chi connectivity index (χ1) is 14.8. The van der Waals surface area contributed by atoms with E-state index >= 15 is 0 Å². The largest absolute Gasteiger partial charge is 0.454 e. The predicted octanol–water partition coefficient (Wildman–Crippen LogP) is 5.05. The fourth-order valence-corrected chi connectivity index (χ4v) is 3.79. The summed E-state index contributed by atoms with van der Waals surface area (Å²) in [5.41, 5.74) is 2.29. The molecule has 0 fully saturated rings. The van der Waals surface area contributed by atoms with E-state index in [9.17, 15) is 12.8 Å². The van der Waals surface area contributed by atoms with Crippen molar-refractivity contribution < 1.29 is 17.5 Å². The summed E-state index contributed by atoms with van der Waals surface area (Å²) < 4.78 is 48.5. The minimum atomic E-state index is -3.48. The van der Waals surface area contributed by atoms with Crippen LogP contribution in [0, 0.1) is 12.7 Å². The highest BCUT2D eigenvalue weighted by Crippen LogP contribution is 2.37. The Balaban J connectivity index is 1.84. The molecular weight excluding hydrogens is 443 g/mol. The molecule has 2 heterocycles. The molecule has 2 aromatic heterocycles. The Bertz CT molecular complexity index is 1390. The third-order valence-electron chi connectivity index (χ3n) is 4.63. The second-order valence-electron chi connectivity index (χ2n) is 6.79. The Morgan fingerprint density at radius 1 is 1.10 bits per heavy atom. The molecule has 1 N–H and O–H groups in total. The molecule has 0 saturated heterocycles. The van der Waals surface area contributed by atoms with Gasteiger partial charge in [-0.2, -0.15) is 0 Å². The summed E-state index contributed by atoms with van der Waals surface area (Å²) in [6.45, 7) is 3.36. The zero-order valence-corrected chi connectivity index (χ0v) is 18.2. The van der Waals surface area contributed by atoms with Gasteiger partial charge in [-0.15, -0.1) is 10.2 Å². The first kappa shape index (κ1) is 21.1. The van der Waals surface area contributed by atoms with E-state index in [0.29, 0.717) is 34.0 Å². The summed E-state index contributed by atoms with van der Waals surface area (Å²) in [5.74, 6) is 0.340. The Morgan fingerprint density at radius 3 is 2.61 bits per heavy atom. The van der Waals surface area contributed by atoms with E-state index in [-0.39, 0.29) is 16.5 Å². The summed E-state index contributed by atoms with van der Waals surface area (Å²) in [5, 5.41) is 8.37. The molecule has 31 heavy (non-hydrogen) atoms. The second kappa shape index (κ2) is 8.16. The molecule has 4 rings (SSSR count). The van der Waals surface area contributed by atoms with Crippen LogP contribution in [-0.4, -0.2) is 28.8 Å². The van der Waals surface area contributed by atoms with Crippen molar-refractivity contribution >= 4 is 33.0 Å². The number of sulfonamides is 1. The number of hydrogen-bond acceptors (Lipinski definition) is 5. The summed E-state index contributed by atoms with van der Waals surface area (Å²) in [6.07, 6.45) is 1.81. The number of benzene rings is 2. The molecule has 0 unspecified atom stereocenters.